The smallest absolute Gasteiger partial charge is 0.461 e. The lowest BCUT2D eigenvalue weighted by Gasteiger charge is -2.11. The number of aromatic nitrogens is 1. The van der Waals surface area contributed by atoms with Crippen LogP contribution in [0.1, 0.15) is 17.4 Å². The van der Waals surface area contributed by atoms with Crippen LogP contribution in [-0.2, 0) is 4.74 Å². The molecule has 0 amide bonds. The van der Waals surface area contributed by atoms with Crippen molar-refractivity contribution in [2.75, 3.05) is 6.61 Å². The van der Waals surface area contributed by atoms with Gasteiger partial charge in [0.15, 0.2) is 11.4 Å². The summed E-state index contributed by atoms with van der Waals surface area (Å²) in [6, 6.07) is 1.97. The van der Waals surface area contributed by atoms with Gasteiger partial charge in [-0.05, 0) is 19.1 Å². The van der Waals surface area contributed by atoms with E-state index in [1.165, 1.54) is 6.92 Å². The molecule has 0 saturated heterocycles. The molecule has 0 unspecified atom stereocenters. The lowest BCUT2D eigenvalue weighted by atomic mass is 10.3. The van der Waals surface area contributed by atoms with Crippen LogP contribution in [0.15, 0.2) is 12.1 Å². The summed E-state index contributed by atoms with van der Waals surface area (Å²) < 4.78 is 44.3. The quantitative estimate of drug-likeness (QED) is 0.625. The molecule has 0 aliphatic carbocycles. The first-order valence-corrected chi connectivity index (χ1v) is 4.80. The van der Waals surface area contributed by atoms with Gasteiger partial charge in [-0.1, -0.05) is 11.6 Å². The lowest BCUT2D eigenvalue weighted by molar-refractivity contribution is -0.274. The van der Waals surface area contributed by atoms with E-state index >= 15 is 0 Å². The minimum absolute atomic E-state index is 0.00150. The highest BCUT2D eigenvalue weighted by atomic mass is 35.5. The number of nitrogens with zero attached hydrogens (tertiary/aromatic N) is 1. The molecule has 0 spiro atoms. The molecule has 8 heteroatoms. The fourth-order valence-electron chi connectivity index (χ4n) is 0.975. The van der Waals surface area contributed by atoms with Crippen LogP contribution in [0, 0.1) is 0 Å². The molecule has 17 heavy (non-hydrogen) atoms. The number of alkyl halides is 3. The molecule has 0 aromatic carbocycles. The number of ether oxygens (including phenoxy) is 2. The van der Waals surface area contributed by atoms with E-state index in [2.05, 4.69) is 14.5 Å². The van der Waals surface area contributed by atoms with Gasteiger partial charge in [-0.15, -0.1) is 13.2 Å². The molecule has 1 heterocycles. The molecule has 0 fully saturated rings. The van der Waals surface area contributed by atoms with E-state index in [1.54, 1.807) is 0 Å². The Balaban J connectivity index is 3.08. The van der Waals surface area contributed by atoms with Gasteiger partial charge in [-0.2, -0.15) is 0 Å². The van der Waals surface area contributed by atoms with Gasteiger partial charge in [0.1, 0.15) is 5.15 Å². The van der Waals surface area contributed by atoms with Crippen molar-refractivity contribution in [1.29, 1.82) is 0 Å². The second-order valence-corrected chi connectivity index (χ2v) is 3.14. The number of pyridine rings is 1. The molecule has 94 valence electrons. The van der Waals surface area contributed by atoms with Gasteiger partial charge >= 0.3 is 12.3 Å². The molecular weight excluding hydrogens is 263 g/mol. The fourth-order valence-corrected chi connectivity index (χ4v) is 1.12. The Kier molecular flexibility index (Phi) is 4.17. The van der Waals surface area contributed by atoms with E-state index in [0.29, 0.717) is 0 Å². The van der Waals surface area contributed by atoms with Gasteiger partial charge in [0, 0.05) is 0 Å². The van der Waals surface area contributed by atoms with Gasteiger partial charge in [0.25, 0.3) is 0 Å². The van der Waals surface area contributed by atoms with E-state index in [9.17, 15) is 18.0 Å². The van der Waals surface area contributed by atoms with E-state index in [-0.39, 0.29) is 11.8 Å². The van der Waals surface area contributed by atoms with Crippen molar-refractivity contribution in [3.63, 3.8) is 0 Å². The molecule has 0 aliphatic heterocycles. The molecule has 0 radical (unpaired) electrons. The van der Waals surface area contributed by atoms with Crippen molar-refractivity contribution in [1.82, 2.24) is 4.98 Å². The van der Waals surface area contributed by atoms with E-state index in [0.717, 1.165) is 12.1 Å². The number of hydrogen-bond acceptors (Lipinski definition) is 4. The molecule has 0 N–H and O–H groups in total. The molecule has 1 rings (SSSR count). The number of carbonyl (C=O) groups excluding carboxylic acids is 1. The monoisotopic (exact) mass is 269 g/mol. The predicted molar refractivity (Wildman–Crippen MR) is 51.9 cm³/mol. The number of halogens is 4. The summed E-state index contributed by atoms with van der Waals surface area (Å²) in [4.78, 5) is 14.8. The average molecular weight is 270 g/mol. The van der Waals surface area contributed by atoms with Crippen LogP contribution in [0.3, 0.4) is 0 Å². The standard InChI is InChI=1S/C9H7ClF3NO3/c1-2-16-8(15)7-5(17-9(11,12)13)3-4-6(10)14-7/h3-4H,2H2,1H3. The minimum Gasteiger partial charge on any atom is -0.461 e. The normalized spacial score (nSPS) is 11.1. The van der Waals surface area contributed by atoms with E-state index in [4.69, 9.17) is 11.6 Å². The Labute approximate surface area is 99.3 Å². The lowest BCUT2D eigenvalue weighted by Crippen LogP contribution is -2.20. The second-order valence-electron chi connectivity index (χ2n) is 2.75. The predicted octanol–water partition coefficient (Wildman–Crippen LogP) is 2.81. The van der Waals surface area contributed by atoms with Crippen LogP contribution < -0.4 is 4.74 Å². The van der Waals surface area contributed by atoms with Gasteiger partial charge in [-0.25, -0.2) is 9.78 Å². The third-order valence-corrected chi connectivity index (χ3v) is 1.73. The van der Waals surface area contributed by atoms with Crippen molar-refractivity contribution in [3.05, 3.63) is 23.0 Å². The second kappa shape index (κ2) is 5.22. The molecule has 1 aromatic heterocycles. The highest BCUT2D eigenvalue weighted by Gasteiger charge is 2.33. The number of hydrogen-bond donors (Lipinski definition) is 0. The highest BCUT2D eigenvalue weighted by molar-refractivity contribution is 6.29. The first-order valence-electron chi connectivity index (χ1n) is 4.43. The highest BCUT2D eigenvalue weighted by Crippen LogP contribution is 2.27. The third kappa shape index (κ3) is 4.10. The molecule has 4 nitrogen and oxygen atoms in total. The summed E-state index contributed by atoms with van der Waals surface area (Å²) >= 11 is 5.48. The summed E-state index contributed by atoms with van der Waals surface area (Å²) in [5, 5.41) is -0.137. The van der Waals surface area contributed by atoms with Crippen LogP contribution in [0.5, 0.6) is 5.75 Å². The van der Waals surface area contributed by atoms with Gasteiger partial charge in [0.05, 0.1) is 6.61 Å². The van der Waals surface area contributed by atoms with Gasteiger partial charge in [-0.3, -0.25) is 0 Å². The molecule has 0 aliphatic rings. The summed E-state index contributed by atoms with van der Waals surface area (Å²) in [6.45, 7) is 1.51. The van der Waals surface area contributed by atoms with Crippen LogP contribution >= 0.6 is 11.6 Å². The Bertz CT molecular complexity index is 422. The maximum Gasteiger partial charge on any atom is 0.573 e. The van der Waals surface area contributed by atoms with Gasteiger partial charge < -0.3 is 9.47 Å². The molecule has 0 bridgehead atoms. The van der Waals surface area contributed by atoms with Crippen molar-refractivity contribution < 1.29 is 27.4 Å². The Morgan fingerprint density at radius 3 is 2.65 bits per heavy atom. The SMILES string of the molecule is CCOC(=O)c1nc(Cl)ccc1OC(F)(F)F. The maximum atomic E-state index is 12.0. The largest absolute Gasteiger partial charge is 0.573 e. The number of carbonyl (C=O) groups is 1. The first kappa shape index (κ1) is 13.6. The Hall–Kier alpha value is -1.50. The number of rotatable bonds is 3. The minimum atomic E-state index is -4.92. The van der Waals surface area contributed by atoms with Crippen LogP contribution in [0.2, 0.25) is 5.15 Å². The maximum absolute atomic E-state index is 12.0. The molecule has 0 saturated carbocycles. The average Bonchev–Trinajstić information content (AvgIpc) is 2.19. The summed E-state index contributed by atoms with van der Waals surface area (Å²) in [6.07, 6.45) is -4.92. The number of esters is 1. The summed E-state index contributed by atoms with van der Waals surface area (Å²) in [7, 11) is 0. The fraction of sp³-hybridized carbons (Fsp3) is 0.333. The zero-order valence-corrected chi connectivity index (χ0v) is 9.30. The zero-order chi connectivity index (χ0) is 13.1. The Morgan fingerprint density at radius 1 is 1.47 bits per heavy atom. The van der Waals surface area contributed by atoms with Crippen LogP contribution in [0.4, 0.5) is 13.2 Å². The van der Waals surface area contributed by atoms with Crippen molar-refractivity contribution in [2.45, 2.75) is 13.3 Å². The van der Waals surface area contributed by atoms with Crippen molar-refractivity contribution >= 4 is 17.6 Å². The van der Waals surface area contributed by atoms with Gasteiger partial charge in [0.2, 0.25) is 0 Å². The van der Waals surface area contributed by atoms with E-state index < -0.39 is 23.8 Å². The summed E-state index contributed by atoms with van der Waals surface area (Å²) in [5.41, 5.74) is -0.614. The van der Waals surface area contributed by atoms with Crippen LogP contribution in [0.25, 0.3) is 0 Å². The zero-order valence-electron chi connectivity index (χ0n) is 8.55. The first-order chi connectivity index (χ1) is 7.83. The molecular formula is C9H7ClF3NO3. The van der Waals surface area contributed by atoms with Crippen LogP contribution in [-0.4, -0.2) is 23.9 Å². The van der Waals surface area contributed by atoms with E-state index in [1.807, 2.05) is 0 Å². The summed E-state index contributed by atoms with van der Waals surface area (Å²) in [5.74, 6) is -1.78. The topological polar surface area (TPSA) is 48.4 Å². The molecule has 1 aromatic rings. The van der Waals surface area contributed by atoms with Crippen molar-refractivity contribution in [3.8, 4) is 5.75 Å². The molecule has 0 atom stereocenters. The van der Waals surface area contributed by atoms with Crippen molar-refractivity contribution in [2.24, 2.45) is 0 Å². The third-order valence-electron chi connectivity index (χ3n) is 1.52. The Morgan fingerprint density at radius 2 is 2.12 bits per heavy atom.